The largest absolute Gasteiger partial charge is 0.101 e. The molecule has 0 saturated carbocycles. The summed E-state index contributed by atoms with van der Waals surface area (Å²) in [6.07, 6.45) is 12.7. The van der Waals surface area contributed by atoms with E-state index >= 15 is 0 Å². The Morgan fingerprint density at radius 2 is 0.938 bits per heavy atom. The zero-order valence-corrected chi connectivity index (χ0v) is 22.5. The highest BCUT2D eigenvalue weighted by Gasteiger charge is 2.12. The molecular formula is C32H50. The molecule has 0 spiro atoms. The Balaban J connectivity index is 2.86. The van der Waals surface area contributed by atoms with Crippen molar-refractivity contribution in [3.05, 3.63) is 34.4 Å². The van der Waals surface area contributed by atoms with Gasteiger partial charge in [0.2, 0.25) is 0 Å². The molecule has 0 aliphatic rings. The van der Waals surface area contributed by atoms with Crippen molar-refractivity contribution in [2.75, 3.05) is 0 Å². The monoisotopic (exact) mass is 434 g/mol. The van der Waals surface area contributed by atoms with Crippen molar-refractivity contribution < 1.29 is 0 Å². The maximum Gasteiger partial charge on any atom is 0.0280 e. The Hall–Kier alpha value is -1.66. The maximum absolute atomic E-state index is 3.40. The lowest BCUT2D eigenvalue weighted by Crippen LogP contribution is -2.04. The SMILES string of the molecule is CC#Cc1cc(CCC(C)CCCC(C)C)c(C#CC)cc1CCC(C)CCCC(C)C. The molecule has 32 heavy (non-hydrogen) atoms. The minimum absolute atomic E-state index is 0.767. The smallest absolute Gasteiger partial charge is 0.0280 e. The quantitative estimate of drug-likeness (QED) is 0.256. The van der Waals surface area contributed by atoms with Crippen LogP contribution >= 0.6 is 0 Å². The van der Waals surface area contributed by atoms with Crippen LogP contribution in [0.25, 0.3) is 0 Å². The van der Waals surface area contributed by atoms with Gasteiger partial charge in [0, 0.05) is 11.1 Å². The zero-order chi connectivity index (χ0) is 23.9. The number of aryl methyl sites for hydroxylation is 2. The molecule has 0 aromatic heterocycles. The van der Waals surface area contributed by atoms with Crippen LogP contribution in [0, 0.1) is 47.4 Å². The molecule has 1 aromatic rings. The average molecular weight is 435 g/mol. The number of benzene rings is 1. The highest BCUT2D eigenvalue weighted by atomic mass is 14.2. The lowest BCUT2D eigenvalue weighted by molar-refractivity contribution is 0.436. The normalized spacial score (nSPS) is 12.8. The first-order chi connectivity index (χ1) is 15.3. The van der Waals surface area contributed by atoms with Crippen molar-refractivity contribution in [3.63, 3.8) is 0 Å². The molecule has 0 aliphatic carbocycles. The van der Waals surface area contributed by atoms with Crippen LogP contribution in [0.4, 0.5) is 0 Å². The molecule has 0 nitrogen and oxygen atoms in total. The topological polar surface area (TPSA) is 0 Å². The molecule has 1 aromatic carbocycles. The Labute approximate surface area is 201 Å². The molecule has 178 valence electrons. The van der Waals surface area contributed by atoms with Crippen LogP contribution in [0.15, 0.2) is 12.1 Å². The first-order valence-electron chi connectivity index (χ1n) is 13.3. The Morgan fingerprint density at radius 1 is 0.562 bits per heavy atom. The fourth-order valence-electron chi connectivity index (χ4n) is 4.45. The molecule has 0 heterocycles. The van der Waals surface area contributed by atoms with Gasteiger partial charge in [0.15, 0.2) is 0 Å². The number of hydrogen-bond acceptors (Lipinski definition) is 0. The average Bonchev–Trinajstić information content (AvgIpc) is 2.72. The van der Waals surface area contributed by atoms with E-state index in [0.717, 1.165) is 36.5 Å². The number of hydrogen-bond donors (Lipinski definition) is 0. The maximum atomic E-state index is 3.40. The van der Waals surface area contributed by atoms with Crippen LogP contribution in [0.3, 0.4) is 0 Å². The summed E-state index contributed by atoms with van der Waals surface area (Å²) in [5.41, 5.74) is 5.24. The van der Waals surface area contributed by atoms with Crippen molar-refractivity contribution in [2.45, 2.75) is 120 Å². The second kappa shape index (κ2) is 16.0. The summed E-state index contributed by atoms with van der Waals surface area (Å²) in [5, 5.41) is 0. The van der Waals surface area contributed by atoms with Crippen molar-refractivity contribution in [1.82, 2.24) is 0 Å². The predicted molar refractivity (Wildman–Crippen MR) is 144 cm³/mol. The van der Waals surface area contributed by atoms with Gasteiger partial charge in [-0.25, -0.2) is 0 Å². The van der Waals surface area contributed by atoms with E-state index in [4.69, 9.17) is 0 Å². The lowest BCUT2D eigenvalue weighted by Gasteiger charge is -2.16. The van der Waals surface area contributed by atoms with E-state index in [-0.39, 0.29) is 0 Å². The molecule has 0 radical (unpaired) electrons. The van der Waals surface area contributed by atoms with E-state index in [1.807, 2.05) is 13.8 Å². The summed E-state index contributed by atoms with van der Waals surface area (Å²) in [4.78, 5) is 0. The summed E-state index contributed by atoms with van der Waals surface area (Å²) >= 11 is 0. The third-order valence-corrected chi connectivity index (χ3v) is 6.62. The van der Waals surface area contributed by atoms with Gasteiger partial charge in [0.25, 0.3) is 0 Å². The summed E-state index contributed by atoms with van der Waals surface area (Å²) in [6, 6.07) is 4.71. The third-order valence-electron chi connectivity index (χ3n) is 6.62. The summed E-state index contributed by atoms with van der Waals surface area (Å²) in [5.74, 6) is 16.3. The molecule has 2 atom stereocenters. The standard InChI is InChI=1S/C32H50/c1-9-13-29-23-32(22-20-28(8)18-12-16-26(5)6)30(14-10-2)24-31(29)21-19-27(7)17-11-15-25(3)4/h23-28H,11-12,15-22H2,1-8H3. The van der Waals surface area contributed by atoms with Gasteiger partial charge in [-0.15, -0.1) is 11.8 Å². The van der Waals surface area contributed by atoms with Gasteiger partial charge in [-0.1, -0.05) is 91.9 Å². The molecule has 0 aliphatic heterocycles. The van der Waals surface area contributed by atoms with Gasteiger partial charge < -0.3 is 0 Å². The molecule has 0 N–H and O–H groups in total. The van der Waals surface area contributed by atoms with Crippen LogP contribution in [-0.2, 0) is 12.8 Å². The molecule has 2 unspecified atom stereocenters. The molecular weight excluding hydrogens is 384 g/mol. The van der Waals surface area contributed by atoms with Crippen molar-refractivity contribution in [1.29, 1.82) is 0 Å². The Kier molecular flexibility index (Phi) is 14.2. The van der Waals surface area contributed by atoms with Crippen LogP contribution < -0.4 is 0 Å². The summed E-state index contributed by atoms with van der Waals surface area (Å²) in [6.45, 7) is 18.0. The summed E-state index contributed by atoms with van der Waals surface area (Å²) < 4.78 is 0. The van der Waals surface area contributed by atoms with Gasteiger partial charge in [0.05, 0.1) is 0 Å². The van der Waals surface area contributed by atoms with E-state index in [1.54, 1.807) is 0 Å². The Bertz CT molecular complexity index is 704. The fraction of sp³-hybridized carbons (Fsp3) is 0.688. The molecule has 0 amide bonds. The van der Waals surface area contributed by atoms with Gasteiger partial charge in [0.1, 0.15) is 0 Å². The van der Waals surface area contributed by atoms with E-state index in [1.165, 1.54) is 73.6 Å². The zero-order valence-electron chi connectivity index (χ0n) is 22.5. The molecule has 0 bridgehead atoms. The van der Waals surface area contributed by atoms with Crippen molar-refractivity contribution in [2.24, 2.45) is 23.7 Å². The highest BCUT2D eigenvalue weighted by Crippen LogP contribution is 2.25. The second-order valence-electron chi connectivity index (χ2n) is 10.9. The first kappa shape index (κ1) is 28.4. The molecule has 0 saturated heterocycles. The van der Waals surface area contributed by atoms with Gasteiger partial charge in [-0.3, -0.25) is 0 Å². The third kappa shape index (κ3) is 11.8. The first-order valence-corrected chi connectivity index (χ1v) is 13.3. The van der Waals surface area contributed by atoms with E-state index in [9.17, 15) is 0 Å². The van der Waals surface area contributed by atoms with E-state index in [0.29, 0.717) is 0 Å². The Morgan fingerprint density at radius 3 is 1.25 bits per heavy atom. The minimum Gasteiger partial charge on any atom is -0.101 e. The molecule has 0 fully saturated rings. The highest BCUT2D eigenvalue weighted by molar-refractivity contribution is 5.52. The molecule has 1 rings (SSSR count). The fourth-order valence-corrected chi connectivity index (χ4v) is 4.45. The van der Waals surface area contributed by atoms with Crippen molar-refractivity contribution >= 4 is 0 Å². The van der Waals surface area contributed by atoms with Crippen LogP contribution in [-0.4, -0.2) is 0 Å². The number of rotatable bonds is 14. The van der Waals surface area contributed by atoms with Gasteiger partial charge in [-0.2, -0.15) is 0 Å². The summed E-state index contributed by atoms with van der Waals surface area (Å²) in [7, 11) is 0. The van der Waals surface area contributed by atoms with Crippen molar-refractivity contribution in [3.8, 4) is 23.7 Å². The van der Waals surface area contributed by atoms with Crippen LogP contribution in [0.5, 0.6) is 0 Å². The van der Waals surface area contributed by atoms with Crippen LogP contribution in [0.2, 0.25) is 0 Å². The van der Waals surface area contributed by atoms with Crippen LogP contribution in [0.1, 0.15) is 129 Å². The van der Waals surface area contributed by atoms with Gasteiger partial charge >= 0.3 is 0 Å². The van der Waals surface area contributed by atoms with Gasteiger partial charge in [-0.05, 0) is 86.5 Å². The second-order valence-corrected chi connectivity index (χ2v) is 10.9. The van der Waals surface area contributed by atoms with E-state index < -0.39 is 0 Å². The predicted octanol–water partition coefficient (Wildman–Crippen LogP) is 9.22. The molecule has 0 heteroatoms. The van der Waals surface area contributed by atoms with E-state index in [2.05, 4.69) is 77.4 Å². The minimum atomic E-state index is 0.767. The lowest BCUT2D eigenvalue weighted by atomic mass is 9.88.